The van der Waals surface area contributed by atoms with Crippen LogP contribution < -0.4 is 0 Å². The SMILES string of the molecule is O=C(SCCC(F)CCC(F)(F)F)c1ccccc1. The van der Waals surface area contributed by atoms with Gasteiger partial charge in [0.05, 0.1) is 0 Å². The molecule has 0 aliphatic rings. The van der Waals surface area contributed by atoms with Crippen LogP contribution in [0.4, 0.5) is 17.6 Å². The van der Waals surface area contributed by atoms with Gasteiger partial charge in [0.15, 0.2) is 0 Å². The molecule has 1 aromatic carbocycles. The van der Waals surface area contributed by atoms with Gasteiger partial charge >= 0.3 is 6.18 Å². The molecule has 0 saturated carbocycles. The summed E-state index contributed by atoms with van der Waals surface area (Å²) >= 11 is 0.931. The van der Waals surface area contributed by atoms with Crippen molar-refractivity contribution in [1.82, 2.24) is 0 Å². The van der Waals surface area contributed by atoms with E-state index in [0.717, 1.165) is 11.8 Å². The average Bonchev–Trinajstić information content (AvgIpc) is 2.36. The molecule has 1 rings (SSSR count). The predicted molar refractivity (Wildman–Crippen MR) is 68.0 cm³/mol. The summed E-state index contributed by atoms with van der Waals surface area (Å²) in [5, 5.41) is -0.191. The van der Waals surface area contributed by atoms with Gasteiger partial charge in [-0.05, 0) is 12.8 Å². The molecule has 0 radical (unpaired) electrons. The Kier molecular flexibility index (Phi) is 6.34. The van der Waals surface area contributed by atoms with Gasteiger partial charge in [0.25, 0.3) is 0 Å². The highest BCUT2D eigenvalue weighted by atomic mass is 32.2. The van der Waals surface area contributed by atoms with Crippen molar-refractivity contribution >= 4 is 16.9 Å². The van der Waals surface area contributed by atoms with Gasteiger partial charge in [-0.2, -0.15) is 13.2 Å². The molecule has 106 valence electrons. The predicted octanol–water partition coefficient (Wildman–Crippen LogP) is 4.63. The molecule has 1 atom stereocenters. The second-order valence-corrected chi connectivity index (χ2v) is 5.11. The molecular weight excluding hydrogens is 280 g/mol. The molecule has 0 heterocycles. The van der Waals surface area contributed by atoms with E-state index in [1.807, 2.05) is 0 Å². The van der Waals surface area contributed by atoms with E-state index in [1.54, 1.807) is 30.3 Å². The summed E-state index contributed by atoms with van der Waals surface area (Å²) in [5.74, 6) is 0.187. The van der Waals surface area contributed by atoms with Gasteiger partial charge in [-0.25, -0.2) is 4.39 Å². The quantitative estimate of drug-likeness (QED) is 0.711. The zero-order chi connectivity index (χ0) is 14.3. The van der Waals surface area contributed by atoms with E-state index in [9.17, 15) is 22.4 Å². The smallest absolute Gasteiger partial charge is 0.282 e. The lowest BCUT2D eigenvalue weighted by Crippen LogP contribution is -2.12. The Morgan fingerprint density at radius 3 is 2.37 bits per heavy atom. The summed E-state index contributed by atoms with van der Waals surface area (Å²) in [6.07, 6.45) is -7.54. The molecule has 1 unspecified atom stereocenters. The monoisotopic (exact) mass is 294 g/mol. The van der Waals surface area contributed by atoms with Crippen molar-refractivity contribution in [3.63, 3.8) is 0 Å². The number of thioether (sulfide) groups is 1. The van der Waals surface area contributed by atoms with E-state index in [4.69, 9.17) is 0 Å². The lowest BCUT2D eigenvalue weighted by Gasteiger charge is -2.09. The molecule has 1 aromatic rings. The van der Waals surface area contributed by atoms with E-state index in [-0.39, 0.29) is 17.3 Å². The van der Waals surface area contributed by atoms with Crippen molar-refractivity contribution in [3.05, 3.63) is 35.9 Å². The minimum Gasteiger partial charge on any atom is -0.282 e. The summed E-state index contributed by atoms with van der Waals surface area (Å²) in [4.78, 5) is 11.6. The first-order valence-electron chi connectivity index (χ1n) is 5.81. The van der Waals surface area contributed by atoms with Crippen LogP contribution >= 0.6 is 11.8 Å². The van der Waals surface area contributed by atoms with E-state index >= 15 is 0 Å². The second-order valence-electron chi connectivity index (χ2n) is 4.04. The number of carbonyl (C=O) groups is 1. The molecule has 0 bridgehead atoms. The van der Waals surface area contributed by atoms with Crippen molar-refractivity contribution in [2.24, 2.45) is 0 Å². The average molecular weight is 294 g/mol. The maximum Gasteiger partial charge on any atom is 0.389 e. The topological polar surface area (TPSA) is 17.1 Å². The maximum absolute atomic E-state index is 13.2. The Hall–Kier alpha value is -1.04. The zero-order valence-electron chi connectivity index (χ0n) is 10.1. The number of hydrogen-bond acceptors (Lipinski definition) is 2. The standard InChI is InChI=1S/C13H14F4OS/c14-11(6-8-13(15,16)17)7-9-19-12(18)10-4-2-1-3-5-10/h1-5,11H,6-9H2. The van der Waals surface area contributed by atoms with Crippen LogP contribution in [0.1, 0.15) is 29.6 Å². The largest absolute Gasteiger partial charge is 0.389 e. The Morgan fingerprint density at radius 1 is 1.16 bits per heavy atom. The molecule has 0 spiro atoms. The summed E-state index contributed by atoms with van der Waals surface area (Å²) in [6, 6.07) is 8.50. The minimum absolute atomic E-state index is 0.0423. The van der Waals surface area contributed by atoms with Gasteiger partial charge < -0.3 is 0 Å². The molecule has 19 heavy (non-hydrogen) atoms. The van der Waals surface area contributed by atoms with Crippen LogP contribution in [-0.2, 0) is 0 Å². The van der Waals surface area contributed by atoms with E-state index in [1.165, 1.54) is 0 Å². The fourth-order valence-corrected chi connectivity index (χ4v) is 2.26. The molecule has 0 aliphatic heterocycles. The number of benzene rings is 1. The molecule has 0 N–H and O–H groups in total. The van der Waals surface area contributed by atoms with E-state index < -0.39 is 25.2 Å². The lowest BCUT2D eigenvalue weighted by atomic mass is 10.2. The zero-order valence-corrected chi connectivity index (χ0v) is 10.9. The van der Waals surface area contributed by atoms with Crippen molar-refractivity contribution < 1.29 is 22.4 Å². The highest BCUT2D eigenvalue weighted by molar-refractivity contribution is 8.14. The molecule has 0 saturated heterocycles. The third kappa shape index (κ3) is 7.20. The highest BCUT2D eigenvalue weighted by Crippen LogP contribution is 2.24. The summed E-state index contributed by atoms with van der Waals surface area (Å²) < 4.78 is 48.7. The molecule has 0 amide bonds. The summed E-state index contributed by atoms with van der Waals surface area (Å²) in [6.45, 7) is 0. The molecule has 0 aliphatic carbocycles. The van der Waals surface area contributed by atoms with Crippen LogP contribution in [0.2, 0.25) is 0 Å². The normalized spacial score (nSPS) is 13.3. The Morgan fingerprint density at radius 2 is 1.79 bits per heavy atom. The molecule has 0 aromatic heterocycles. The van der Waals surface area contributed by atoms with Gasteiger partial charge in [-0.1, -0.05) is 42.1 Å². The lowest BCUT2D eigenvalue weighted by molar-refractivity contribution is -0.138. The van der Waals surface area contributed by atoms with Crippen LogP contribution in [0.15, 0.2) is 30.3 Å². The van der Waals surface area contributed by atoms with Gasteiger partial charge in [0, 0.05) is 17.7 Å². The Bertz CT molecular complexity index is 391. The number of rotatable bonds is 6. The molecule has 1 nitrogen and oxygen atoms in total. The van der Waals surface area contributed by atoms with Crippen molar-refractivity contribution in [3.8, 4) is 0 Å². The fourth-order valence-electron chi connectivity index (χ4n) is 1.40. The number of alkyl halides is 4. The van der Waals surface area contributed by atoms with Crippen molar-refractivity contribution in [2.75, 3.05) is 5.75 Å². The van der Waals surface area contributed by atoms with Crippen molar-refractivity contribution in [2.45, 2.75) is 31.6 Å². The number of hydrogen-bond donors (Lipinski definition) is 0. The Labute approximate surface area is 113 Å². The van der Waals surface area contributed by atoms with Gasteiger partial charge in [0.2, 0.25) is 5.12 Å². The number of halogens is 4. The van der Waals surface area contributed by atoms with E-state index in [0.29, 0.717) is 5.56 Å². The van der Waals surface area contributed by atoms with Crippen LogP contribution in [0, 0.1) is 0 Å². The molecule has 6 heteroatoms. The third-order valence-corrected chi connectivity index (χ3v) is 3.35. The van der Waals surface area contributed by atoms with Crippen LogP contribution in [0.3, 0.4) is 0 Å². The second kappa shape index (κ2) is 7.53. The number of carbonyl (C=O) groups excluding carboxylic acids is 1. The first kappa shape index (κ1) is 16.0. The van der Waals surface area contributed by atoms with E-state index in [2.05, 4.69) is 0 Å². The Balaban J connectivity index is 2.22. The van der Waals surface area contributed by atoms with Crippen molar-refractivity contribution in [1.29, 1.82) is 0 Å². The fraction of sp³-hybridized carbons (Fsp3) is 0.462. The minimum atomic E-state index is -4.32. The van der Waals surface area contributed by atoms with Crippen LogP contribution in [0.5, 0.6) is 0 Å². The summed E-state index contributed by atoms with van der Waals surface area (Å²) in [5.41, 5.74) is 0.512. The first-order chi connectivity index (χ1) is 8.88. The van der Waals surface area contributed by atoms with Gasteiger partial charge in [-0.15, -0.1) is 0 Å². The van der Waals surface area contributed by atoms with Crippen LogP contribution in [-0.4, -0.2) is 23.2 Å². The van der Waals surface area contributed by atoms with Crippen LogP contribution in [0.25, 0.3) is 0 Å². The maximum atomic E-state index is 13.2. The third-order valence-electron chi connectivity index (χ3n) is 2.41. The highest BCUT2D eigenvalue weighted by Gasteiger charge is 2.28. The van der Waals surface area contributed by atoms with Gasteiger partial charge in [-0.3, -0.25) is 4.79 Å². The summed E-state index contributed by atoms with van der Waals surface area (Å²) in [7, 11) is 0. The van der Waals surface area contributed by atoms with Gasteiger partial charge in [0.1, 0.15) is 6.17 Å². The first-order valence-corrected chi connectivity index (χ1v) is 6.80. The molecule has 0 fully saturated rings. The molecular formula is C13H14F4OS.